The minimum Gasteiger partial charge on any atom is -0.491 e. The third kappa shape index (κ3) is 3.99. The molecule has 5 rings (SSSR count). The zero-order valence-corrected chi connectivity index (χ0v) is 19.8. The van der Waals surface area contributed by atoms with Crippen LogP contribution in [0.1, 0.15) is 27.2 Å². The van der Waals surface area contributed by atoms with E-state index >= 15 is 0 Å². The van der Waals surface area contributed by atoms with Crippen LogP contribution in [0.25, 0.3) is 32.6 Å². The molecule has 4 aromatic rings. The highest BCUT2D eigenvalue weighted by atomic mass is 79.9. The molecule has 7 nitrogen and oxygen atoms in total. The summed E-state index contributed by atoms with van der Waals surface area (Å²) in [7, 11) is 0. The maximum atomic E-state index is 12.1. The van der Waals surface area contributed by atoms with E-state index < -0.39 is 11.7 Å². The van der Waals surface area contributed by atoms with Crippen LogP contribution in [0.15, 0.2) is 34.8 Å². The number of amides is 1. The van der Waals surface area contributed by atoms with E-state index in [4.69, 9.17) is 14.5 Å². The Balaban J connectivity index is 1.53. The minimum absolute atomic E-state index is 0.507. The zero-order chi connectivity index (χ0) is 21.8. The van der Waals surface area contributed by atoms with E-state index in [1.165, 1.54) is 11.3 Å². The van der Waals surface area contributed by atoms with Gasteiger partial charge in [-0.3, -0.25) is 5.32 Å². The van der Waals surface area contributed by atoms with Crippen LogP contribution in [-0.2, 0) is 11.3 Å². The summed E-state index contributed by atoms with van der Waals surface area (Å²) >= 11 is 4.97. The number of carbonyl (C=O) groups is 1. The molecule has 31 heavy (non-hydrogen) atoms. The molecule has 1 aliphatic heterocycles. The Bertz CT molecular complexity index is 1320. The number of hydrogen-bond donors (Lipinski definition) is 1. The van der Waals surface area contributed by atoms with Crippen molar-refractivity contribution in [2.45, 2.75) is 39.3 Å². The number of aryl methyl sites for hydroxylation is 1. The molecule has 0 unspecified atom stereocenters. The molecule has 0 fully saturated rings. The number of rotatable bonds is 2. The van der Waals surface area contributed by atoms with Gasteiger partial charge in [0.2, 0.25) is 0 Å². The Labute approximate surface area is 191 Å². The van der Waals surface area contributed by atoms with Crippen LogP contribution in [0.3, 0.4) is 0 Å². The topological polar surface area (TPSA) is 78.3 Å². The Morgan fingerprint density at radius 3 is 2.87 bits per heavy atom. The number of nitrogens with zero attached hydrogens (tertiary/aromatic N) is 3. The van der Waals surface area contributed by atoms with E-state index in [0.717, 1.165) is 55.8 Å². The molecular formula is C22H21BrN4O3S. The molecule has 0 saturated heterocycles. The fraction of sp³-hybridized carbons (Fsp3) is 0.318. The van der Waals surface area contributed by atoms with E-state index in [0.29, 0.717) is 11.7 Å². The summed E-state index contributed by atoms with van der Waals surface area (Å²) in [5.74, 6) is 1.75. The van der Waals surface area contributed by atoms with Gasteiger partial charge in [0, 0.05) is 16.6 Å². The fourth-order valence-corrected chi connectivity index (χ4v) is 4.97. The lowest BCUT2D eigenvalue weighted by Gasteiger charge is -2.18. The molecule has 160 valence electrons. The van der Waals surface area contributed by atoms with Gasteiger partial charge < -0.3 is 14.0 Å². The summed E-state index contributed by atoms with van der Waals surface area (Å²) in [5.41, 5.74) is 3.18. The highest BCUT2D eigenvalue weighted by Crippen LogP contribution is 2.37. The number of carbonyl (C=O) groups excluding carboxylic acids is 1. The summed E-state index contributed by atoms with van der Waals surface area (Å²) in [6.45, 7) is 7.01. The predicted molar refractivity (Wildman–Crippen MR) is 126 cm³/mol. The van der Waals surface area contributed by atoms with Crippen LogP contribution < -0.4 is 10.1 Å². The second-order valence-corrected chi connectivity index (χ2v) is 10.3. The molecule has 0 bridgehead atoms. The van der Waals surface area contributed by atoms with Gasteiger partial charge in [0.25, 0.3) is 0 Å². The Kier molecular flexibility index (Phi) is 4.90. The van der Waals surface area contributed by atoms with Gasteiger partial charge in [-0.2, -0.15) is 0 Å². The number of thiazole rings is 1. The summed E-state index contributed by atoms with van der Waals surface area (Å²) in [5, 5.41) is 3.23. The van der Waals surface area contributed by atoms with Gasteiger partial charge in [0.05, 0.1) is 22.3 Å². The van der Waals surface area contributed by atoms with Gasteiger partial charge >= 0.3 is 6.09 Å². The Hall–Kier alpha value is -2.65. The molecule has 2 aromatic heterocycles. The van der Waals surface area contributed by atoms with Crippen molar-refractivity contribution in [2.24, 2.45) is 0 Å². The number of imidazole rings is 1. The van der Waals surface area contributed by atoms with Crippen molar-refractivity contribution in [1.82, 2.24) is 14.5 Å². The zero-order valence-electron chi connectivity index (χ0n) is 17.4. The molecule has 1 aliphatic rings. The first kappa shape index (κ1) is 20.3. The van der Waals surface area contributed by atoms with E-state index in [9.17, 15) is 4.79 Å². The maximum Gasteiger partial charge on any atom is 0.413 e. The predicted octanol–water partition coefficient (Wildman–Crippen LogP) is 6.21. The van der Waals surface area contributed by atoms with Crippen LogP contribution in [-0.4, -0.2) is 32.8 Å². The van der Waals surface area contributed by atoms with Crippen molar-refractivity contribution in [1.29, 1.82) is 0 Å². The van der Waals surface area contributed by atoms with Crippen molar-refractivity contribution in [3.8, 4) is 17.1 Å². The average Bonchev–Trinajstić information content (AvgIpc) is 3.15. The highest BCUT2D eigenvalue weighted by Gasteiger charge is 2.21. The standard InChI is InChI=1S/C22H21BrN4O3S/c1-22(2,3)30-21(28)26-20-25-14-6-5-12(9-17(14)31-20)19-24-15-10-13(23)11-16-18(15)27(19)7-4-8-29-16/h5-6,9-11H,4,7-8H2,1-3H3,(H,25,26,28). The number of benzene rings is 2. The highest BCUT2D eigenvalue weighted by molar-refractivity contribution is 9.10. The van der Waals surface area contributed by atoms with Gasteiger partial charge in [-0.25, -0.2) is 14.8 Å². The summed E-state index contributed by atoms with van der Waals surface area (Å²) < 4.78 is 15.4. The van der Waals surface area contributed by atoms with Crippen LogP contribution in [0, 0.1) is 0 Å². The first-order valence-electron chi connectivity index (χ1n) is 10.0. The molecule has 1 amide bonds. The van der Waals surface area contributed by atoms with Gasteiger partial charge in [-0.05, 0) is 57.5 Å². The van der Waals surface area contributed by atoms with Crippen LogP contribution >= 0.6 is 27.3 Å². The lowest BCUT2D eigenvalue weighted by molar-refractivity contribution is 0.0636. The lowest BCUT2D eigenvalue weighted by atomic mass is 10.2. The molecule has 1 N–H and O–H groups in total. The minimum atomic E-state index is -0.561. The summed E-state index contributed by atoms with van der Waals surface area (Å²) in [4.78, 5) is 21.5. The molecule has 2 aromatic carbocycles. The molecule has 3 heterocycles. The SMILES string of the molecule is CC(C)(C)OC(=O)Nc1nc2ccc(-c3nc4cc(Br)cc5c4n3CCCO5)cc2s1. The first-order chi connectivity index (χ1) is 14.8. The number of hydrogen-bond acceptors (Lipinski definition) is 6. The number of nitrogens with one attached hydrogen (secondary N) is 1. The quantitative estimate of drug-likeness (QED) is 0.354. The average molecular weight is 501 g/mol. The Morgan fingerprint density at radius 1 is 1.23 bits per heavy atom. The third-order valence-electron chi connectivity index (χ3n) is 4.81. The van der Waals surface area contributed by atoms with Gasteiger partial charge in [-0.15, -0.1) is 0 Å². The molecular weight excluding hydrogens is 480 g/mol. The van der Waals surface area contributed by atoms with E-state index in [1.807, 2.05) is 45.0 Å². The van der Waals surface area contributed by atoms with Gasteiger partial charge in [0.15, 0.2) is 5.13 Å². The first-order valence-corrected chi connectivity index (χ1v) is 11.6. The summed E-state index contributed by atoms with van der Waals surface area (Å²) in [6.07, 6.45) is 0.405. The molecule has 0 spiro atoms. The smallest absolute Gasteiger partial charge is 0.413 e. The maximum absolute atomic E-state index is 12.1. The monoisotopic (exact) mass is 500 g/mol. The van der Waals surface area contributed by atoms with Crippen LogP contribution in [0.2, 0.25) is 0 Å². The van der Waals surface area contributed by atoms with Crippen LogP contribution in [0.4, 0.5) is 9.93 Å². The molecule has 0 atom stereocenters. The summed E-state index contributed by atoms with van der Waals surface area (Å²) in [6, 6.07) is 10.1. The fourth-order valence-electron chi connectivity index (χ4n) is 3.66. The second-order valence-electron chi connectivity index (χ2n) is 8.39. The molecule has 0 saturated carbocycles. The number of anilines is 1. The van der Waals surface area contributed by atoms with Crippen LogP contribution in [0.5, 0.6) is 5.75 Å². The van der Waals surface area contributed by atoms with Crippen molar-refractivity contribution in [2.75, 3.05) is 11.9 Å². The van der Waals surface area contributed by atoms with E-state index in [2.05, 4.69) is 36.9 Å². The second kappa shape index (κ2) is 7.49. The lowest BCUT2D eigenvalue weighted by Crippen LogP contribution is -2.27. The number of halogens is 1. The third-order valence-corrected chi connectivity index (χ3v) is 6.20. The van der Waals surface area contributed by atoms with E-state index in [-0.39, 0.29) is 0 Å². The van der Waals surface area contributed by atoms with Crippen molar-refractivity contribution >= 4 is 59.7 Å². The normalized spacial score (nSPS) is 13.8. The van der Waals surface area contributed by atoms with Gasteiger partial charge in [-0.1, -0.05) is 27.3 Å². The molecule has 0 radical (unpaired) electrons. The Morgan fingerprint density at radius 2 is 2.06 bits per heavy atom. The van der Waals surface area contributed by atoms with Crippen molar-refractivity contribution in [3.05, 3.63) is 34.8 Å². The van der Waals surface area contributed by atoms with Crippen molar-refractivity contribution < 1.29 is 14.3 Å². The molecule has 0 aliphatic carbocycles. The number of fused-ring (bicyclic) bond motifs is 1. The van der Waals surface area contributed by atoms with E-state index in [1.54, 1.807) is 0 Å². The van der Waals surface area contributed by atoms with Crippen molar-refractivity contribution in [3.63, 3.8) is 0 Å². The largest absolute Gasteiger partial charge is 0.491 e. The van der Waals surface area contributed by atoms with Gasteiger partial charge in [0.1, 0.15) is 22.7 Å². The number of ether oxygens (including phenoxy) is 2. The molecule has 9 heteroatoms. The number of aromatic nitrogens is 3.